The number of aliphatic hydroxyl groups excluding tert-OH is 1. The minimum atomic E-state index is -1.16. The van der Waals surface area contributed by atoms with Gasteiger partial charge in [-0.25, -0.2) is 0 Å². The summed E-state index contributed by atoms with van der Waals surface area (Å²) >= 11 is 0. The van der Waals surface area contributed by atoms with Gasteiger partial charge < -0.3 is 20.3 Å². The third kappa shape index (κ3) is 4.70. The number of aliphatic carboxylic acids is 1. The van der Waals surface area contributed by atoms with Crippen molar-refractivity contribution in [3.63, 3.8) is 0 Å². The first kappa shape index (κ1) is 19.7. The number of hydrogen-bond donors (Lipinski definition) is 2. The van der Waals surface area contributed by atoms with Crippen molar-refractivity contribution in [3.05, 3.63) is 65.7 Å². The Balaban J connectivity index is 0.00000225. The van der Waals surface area contributed by atoms with Crippen LogP contribution in [0, 0.1) is 5.41 Å². The quantitative estimate of drug-likeness (QED) is 0.631. The largest absolute Gasteiger partial charge is 1.00 e. The molecule has 3 rings (SSSR count). The van der Waals surface area contributed by atoms with Crippen LogP contribution in [0.3, 0.4) is 0 Å². The van der Waals surface area contributed by atoms with Crippen molar-refractivity contribution in [1.82, 2.24) is 0 Å². The normalized spacial score (nSPS) is 15.6. The molecule has 1 atom stereocenters. The van der Waals surface area contributed by atoms with Gasteiger partial charge in [-0.15, -0.1) is 0 Å². The van der Waals surface area contributed by atoms with Gasteiger partial charge in [-0.1, -0.05) is 42.5 Å². The average Bonchev–Trinajstić information content (AvgIpc) is 3.36. The monoisotopic (exact) mass is 347 g/mol. The Kier molecular flexibility index (Phi) is 6.41. The second-order valence-corrected chi connectivity index (χ2v) is 6.23. The molecule has 0 aliphatic heterocycles. The molecule has 2 aromatic rings. The van der Waals surface area contributed by atoms with Crippen molar-refractivity contribution in [2.45, 2.75) is 25.4 Å². The summed E-state index contributed by atoms with van der Waals surface area (Å²) in [6.07, 6.45) is 0.0901. The fraction of sp³-hybridized carbons (Fsp3) is 0.263. The van der Waals surface area contributed by atoms with Crippen LogP contribution in [0.25, 0.3) is 0 Å². The van der Waals surface area contributed by atoms with Crippen LogP contribution in [0.5, 0.6) is 0 Å². The smallest absolute Gasteiger partial charge is 0.550 e. The van der Waals surface area contributed by atoms with E-state index in [0.717, 1.165) is 5.56 Å². The molecular formula is C19H18NNaO4. The van der Waals surface area contributed by atoms with E-state index >= 15 is 0 Å². The Labute approximate surface area is 168 Å². The minimum absolute atomic E-state index is 0. The molecule has 0 aromatic heterocycles. The van der Waals surface area contributed by atoms with E-state index in [-0.39, 0.29) is 41.9 Å². The summed E-state index contributed by atoms with van der Waals surface area (Å²) in [5.41, 5.74) is 0.946. The molecule has 0 radical (unpaired) electrons. The summed E-state index contributed by atoms with van der Waals surface area (Å²) < 4.78 is 0. The molecule has 25 heavy (non-hydrogen) atoms. The SMILES string of the molecule is O=C(CC1(C(=O)[O-])CC1)Nc1cccc(C(O)c2ccccc2)c1.[Na+]. The molecular weight excluding hydrogens is 329 g/mol. The van der Waals surface area contributed by atoms with Crippen molar-refractivity contribution in [1.29, 1.82) is 0 Å². The standard InChI is InChI=1S/C19H19NO4.Na/c21-16(12-19(9-10-19)18(23)24)20-15-8-4-7-14(11-15)17(22)13-5-2-1-3-6-13;/h1-8,11,17,22H,9-10,12H2,(H,20,21)(H,23,24);/q;+1/p-1. The van der Waals surface area contributed by atoms with Gasteiger partial charge in [0.2, 0.25) is 5.91 Å². The van der Waals surface area contributed by atoms with Gasteiger partial charge in [-0.3, -0.25) is 4.79 Å². The fourth-order valence-electron chi connectivity index (χ4n) is 2.73. The van der Waals surface area contributed by atoms with Crippen molar-refractivity contribution >= 4 is 17.6 Å². The van der Waals surface area contributed by atoms with Crippen LogP contribution >= 0.6 is 0 Å². The number of carboxylic acids is 1. The Morgan fingerprint density at radius 2 is 1.72 bits per heavy atom. The van der Waals surface area contributed by atoms with Crippen molar-refractivity contribution in [2.75, 3.05) is 5.32 Å². The summed E-state index contributed by atoms with van der Waals surface area (Å²) in [6, 6.07) is 16.1. The van der Waals surface area contributed by atoms with E-state index < -0.39 is 17.5 Å². The maximum atomic E-state index is 12.1. The number of hydrogen-bond acceptors (Lipinski definition) is 4. The van der Waals surface area contributed by atoms with Crippen LogP contribution in [-0.4, -0.2) is 17.0 Å². The summed E-state index contributed by atoms with van der Waals surface area (Å²) in [5.74, 6) is -1.52. The molecule has 1 aliphatic carbocycles. The minimum Gasteiger partial charge on any atom is -0.550 e. The molecule has 0 saturated heterocycles. The molecule has 0 spiro atoms. The number of benzene rings is 2. The van der Waals surface area contributed by atoms with E-state index in [1.807, 2.05) is 30.3 Å². The average molecular weight is 347 g/mol. The first-order valence-corrected chi connectivity index (χ1v) is 7.84. The van der Waals surface area contributed by atoms with Gasteiger partial charge in [-0.2, -0.15) is 0 Å². The van der Waals surface area contributed by atoms with Crippen molar-refractivity contribution in [3.8, 4) is 0 Å². The first-order valence-electron chi connectivity index (χ1n) is 7.84. The second kappa shape index (κ2) is 8.15. The zero-order valence-electron chi connectivity index (χ0n) is 14.1. The van der Waals surface area contributed by atoms with Gasteiger partial charge >= 0.3 is 29.6 Å². The van der Waals surface area contributed by atoms with Crippen molar-refractivity contribution in [2.24, 2.45) is 5.41 Å². The third-order valence-electron chi connectivity index (χ3n) is 4.39. The van der Waals surface area contributed by atoms with Gasteiger partial charge in [-0.05, 0) is 36.1 Å². The number of rotatable bonds is 6. The third-order valence-corrected chi connectivity index (χ3v) is 4.39. The number of carbonyl (C=O) groups is 2. The first-order chi connectivity index (χ1) is 11.5. The molecule has 5 nitrogen and oxygen atoms in total. The number of amides is 1. The number of carbonyl (C=O) groups excluding carboxylic acids is 2. The Hall–Kier alpha value is -1.66. The molecule has 1 fully saturated rings. The number of nitrogens with one attached hydrogen (secondary N) is 1. The van der Waals surface area contributed by atoms with Crippen LogP contribution < -0.4 is 40.0 Å². The van der Waals surface area contributed by atoms with Crippen LogP contribution in [0.1, 0.15) is 36.5 Å². The zero-order valence-corrected chi connectivity index (χ0v) is 16.1. The summed E-state index contributed by atoms with van der Waals surface area (Å²) in [7, 11) is 0. The predicted octanol–water partition coefficient (Wildman–Crippen LogP) is -1.37. The van der Waals surface area contributed by atoms with Crippen LogP contribution in [0.4, 0.5) is 5.69 Å². The molecule has 1 amide bonds. The van der Waals surface area contributed by atoms with E-state index in [0.29, 0.717) is 24.1 Å². The molecule has 1 unspecified atom stereocenters. The zero-order chi connectivity index (χ0) is 17.2. The summed E-state index contributed by atoms with van der Waals surface area (Å²) in [4.78, 5) is 23.1. The van der Waals surface area contributed by atoms with E-state index in [1.54, 1.807) is 24.3 Å². The van der Waals surface area contributed by atoms with Crippen LogP contribution in [0.15, 0.2) is 54.6 Å². The molecule has 124 valence electrons. The predicted molar refractivity (Wildman–Crippen MR) is 86.9 cm³/mol. The molecule has 6 heteroatoms. The number of carboxylic acid groups (broad SMARTS) is 1. The fourth-order valence-corrected chi connectivity index (χ4v) is 2.73. The van der Waals surface area contributed by atoms with E-state index in [4.69, 9.17) is 0 Å². The molecule has 0 bridgehead atoms. The van der Waals surface area contributed by atoms with E-state index in [2.05, 4.69) is 5.32 Å². The Bertz CT molecular complexity index is 759. The molecule has 2 aromatic carbocycles. The van der Waals surface area contributed by atoms with Crippen LogP contribution in [0.2, 0.25) is 0 Å². The maximum Gasteiger partial charge on any atom is 1.00 e. The second-order valence-electron chi connectivity index (χ2n) is 6.23. The van der Waals surface area contributed by atoms with Gasteiger partial charge in [0.1, 0.15) is 6.10 Å². The van der Waals surface area contributed by atoms with Gasteiger partial charge in [0.05, 0.1) is 0 Å². The molecule has 2 N–H and O–H groups in total. The summed E-state index contributed by atoms with van der Waals surface area (Å²) in [5, 5.41) is 24.2. The van der Waals surface area contributed by atoms with Crippen LogP contribution in [-0.2, 0) is 9.59 Å². The Morgan fingerprint density at radius 1 is 1.08 bits per heavy atom. The molecule has 1 aliphatic rings. The van der Waals surface area contributed by atoms with Gasteiger partial charge in [0, 0.05) is 23.5 Å². The van der Waals surface area contributed by atoms with Gasteiger partial charge in [0.25, 0.3) is 0 Å². The number of anilines is 1. The van der Waals surface area contributed by atoms with Gasteiger partial charge in [0.15, 0.2) is 0 Å². The van der Waals surface area contributed by atoms with Crippen molar-refractivity contribution < 1.29 is 49.4 Å². The maximum absolute atomic E-state index is 12.1. The van der Waals surface area contributed by atoms with E-state index in [1.165, 1.54) is 0 Å². The molecule has 0 heterocycles. The Morgan fingerprint density at radius 3 is 2.32 bits per heavy atom. The summed E-state index contributed by atoms with van der Waals surface area (Å²) in [6.45, 7) is 0. The van der Waals surface area contributed by atoms with E-state index in [9.17, 15) is 19.8 Å². The molecule has 1 saturated carbocycles. The topological polar surface area (TPSA) is 89.5 Å². The number of aliphatic hydroxyl groups is 1.